The topological polar surface area (TPSA) is 73.4 Å². The number of nitrogens with two attached hydrogens (primary N) is 1. The lowest BCUT2D eigenvalue weighted by atomic mass is 10.0. The van der Waals surface area contributed by atoms with Crippen molar-refractivity contribution >= 4 is 21.8 Å². The highest BCUT2D eigenvalue weighted by Crippen LogP contribution is 2.40. The molecule has 0 fully saturated rings. The van der Waals surface area contributed by atoms with Crippen LogP contribution in [0.15, 0.2) is 46.5 Å². The zero-order valence-corrected chi connectivity index (χ0v) is 17.7. The van der Waals surface area contributed by atoms with Gasteiger partial charge in [-0.15, -0.1) is 0 Å². The van der Waals surface area contributed by atoms with Crippen LogP contribution in [0.25, 0.3) is 11.3 Å². The molecule has 2 aromatic rings. The number of alkyl halides is 1. The average Bonchev–Trinajstić information content (AvgIpc) is 3.04. The molecular weight excluding hydrogens is 439 g/mol. The summed E-state index contributed by atoms with van der Waals surface area (Å²) in [5, 5.41) is 4.51. The van der Waals surface area contributed by atoms with Crippen LogP contribution in [0.5, 0.6) is 5.75 Å². The maximum absolute atomic E-state index is 13.7. The van der Waals surface area contributed by atoms with Crippen molar-refractivity contribution in [3.63, 3.8) is 0 Å². The van der Waals surface area contributed by atoms with E-state index in [1.807, 2.05) is 31.3 Å². The van der Waals surface area contributed by atoms with E-state index < -0.39 is 6.17 Å². The minimum absolute atomic E-state index is 0.222. The SMILES string of the molecule is Cn1nc(C(=O)N(CCN)CC2=CC=CC(F)C2)c2c1-c1cc(Br)ccc1OC2. The molecule has 0 spiro atoms. The Morgan fingerprint density at radius 2 is 2.31 bits per heavy atom. The summed E-state index contributed by atoms with van der Waals surface area (Å²) in [5.41, 5.74) is 9.47. The van der Waals surface area contributed by atoms with E-state index in [1.54, 1.807) is 15.7 Å². The van der Waals surface area contributed by atoms with Crippen LogP contribution in [0.1, 0.15) is 22.5 Å². The predicted octanol–water partition coefficient (Wildman–Crippen LogP) is 3.37. The van der Waals surface area contributed by atoms with Gasteiger partial charge in [0.1, 0.15) is 18.5 Å². The van der Waals surface area contributed by atoms with Crippen LogP contribution >= 0.6 is 15.9 Å². The molecule has 29 heavy (non-hydrogen) atoms. The zero-order chi connectivity index (χ0) is 20.5. The van der Waals surface area contributed by atoms with Crippen molar-refractivity contribution in [1.82, 2.24) is 14.7 Å². The van der Waals surface area contributed by atoms with Gasteiger partial charge in [-0.1, -0.05) is 34.2 Å². The number of halogens is 2. The number of aryl methyl sites for hydroxylation is 1. The van der Waals surface area contributed by atoms with Crippen LogP contribution in [-0.4, -0.2) is 46.4 Å². The third-order valence-corrected chi connectivity index (χ3v) is 5.60. The van der Waals surface area contributed by atoms with Gasteiger partial charge >= 0.3 is 0 Å². The quantitative estimate of drug-likeness (QED) is 0.742. The lowest BCUT2D eigenvalue weighted by molar-refractivity contribution is 0.0762. The molecule has 2 aliphatic rings. The Hall–Kier alpha value is -2.45. The van der Waals surface area contributed by atoms with Gasteiger partial charge in [0, 0.05) is 48.7 Å². The van der Waals surface area contributed by atoms with E-state index in [0.717, 1.165) is 32.6 Å². The Bertz CT molecular complexity index is 1010. The molecule has 6 nitrogen and oxygen atoms in total. The van der Waals surface area contributed by atoms with Crippen LogP contribution in [-0.2, 0) is 13.7 Å². The maximum atomic E-state index is 13.7. The van der Waals surface area contributed by atoms with Crippen LogP contribution in [0, 0.1) is 0 Å². The molecule has 4 rings (SSSR count). The van der Waals surface area contributed by atoms with E-state index in [9.17, 15) is 9.18 Å². The van der Waals surface area contributed by atoms with Crippen molar-refractivity contribution < 1.29 is 13.9 Å². The first-order chi connectivity index (χ1) is 14.0. The largest absolute Gasteiger partial charge is 0.488 e. The van der Waals surface area contributed by atoms with Crippen molar-refractivity contribution in [2.75, 3.05) is 19.6 Å². The van der Waals surface area contributed by atoms with Gasteiger partial charge in [-0.2, -0.15) is 5.10 Å². The molecule has 1 aromatic carbocycles. The summed E-state index contributed by atoms with van der Waals surface area (Å²) in [6, 6.07) is 5.77. The van der Waals surface area contributed by atoms with Crippen LogP contribution in [0.2, 0.25) is 0 Å². The van der Waals surface area contributed by atoms with E-state index >= 15 is 0 Å². The summed E-state index contributed by atoms with van der Waals surface area (Å²) in [5.74, 6) is 0.537. The summed E-state index contributed by atoms with van der Waals surface area (Å²) in [6.07, 6.45) is 4.34. The Morgan fingerprint density at radius 3 is 3.07 bits per heavy atom. The molecule has 1 atom stereocenters. The van der Waals surface area contributed by atoms with Gasteiger partial charge in [-0.25, -0.2) is 4.39 Å². The van der Waals surface area contributed by atoms with Crippen molar-refractivity contribution in [1.29, 1.82) is 0 Å². The van der Waals surface area contributed by atoms with Crippen LogP contribution in [0.3, 0.4) is 0 Å². The molecule has 0 bridgehead atoms. The molecular formula is C21H22BrFN4O2. The Morgan fingerprint density at radius 1 is 1.48 bits per heavy atom. The number of ether oxygens (including phenoxy) is 1. The highest BCUT2D eigenvalue weighted by atomic mass is 79.9. The Labute approximate surface area is 176 Å². The van der Waals surface area contributed by atoms with Gasteiger partial charge in [0.25, 0.3) is 5.91 Å². The number of amides is 1. The molecule has 1 amide bonds. The monoisotopic (exact) mass is 460 g/mol. The second-order valence-electron chi connectivity index (χ2n) is 7.17. The first-order valence-corrected chi connectivity index (χ1v) is 10.3. The minimum Gasteiger partial charge on any atom is -0.488 e. The summed E-state index contributed by atoms with van der Waals surface area (Å²) < 4.78 is 22.2. The predicted molar refractivity (Wildman–Crippen MR) is 112 cm³/mol. The van der Waals surface area contributed by atoms with E-state index in [4.69, 9.17) is 10.5 Å². The lowest BCUT2D eigenvalue weighted by Gasteiger charge is -2.25. The number of nitrogens with zero attached hydrogens (tertiary/aromatic N) is 3. The number of carbonyl (C=O) groups excluding carboxylic acids is 1. The van der Waals surface area contributed by atoms with Gasteiger partial charge in [-0.3, -0.25) is 9.48 Å². The van der Waals surface area contributed by atoms with Crippen molar-refractivity contribution in [2.45, 2.75) is 19.2 Å². The smallest absolute Gasteiger partial charge is 0.275 e. The minimum atomic E-state index is -1.02. The van der Waals surface area contributed by atoms with E-state index in [2.05, 4.69) is 21.0 Å². The summed E-state index contributed by atoms with van der Waals surface area (Å²) in [7, 11) is 1.82. The van der Waals surface area contributed by atoms with Gasteiger partial charge < -0.3 is 15.4 Å². The normalized spacial score (nSPS) is 17.2. The summed E-state index contributed by atoms with van der Waals surface area (Å²) >= 11 is 3.49. The van der Waals surface area contributed by atoms with Gasteiger partial charge in [0.05, 0.1) is 5.69 Å². The Kier molecular flexibility index (Phi) is 5.56. The Balaban J connectivity index is 1.67. The molecule has 1 aliphatic carbocycles. The van der Waals surface area contributed by atoms with Gasteiger partial charge in [0.2, 0.25) is 0 Å². The summed E-state index contributed by atoms with van der Waals surface area (Å²) in [6.45, 7) is 1.28. The molecule has 8 heteroatoms. The van der Waals surface area contributed by atoms with Crippen molar-refractivity contribution in [3.05, 3.63) is 57.7 Å². The molecule has 2 N–H and O–H groups in total. The van der Waals surface area contributed by atoms with Crippen LogP contribution in [0.4, 0.5) is 4.39 Å². The lowest BCUT2D eigenvalue weighted by Crippen LogP contribution is -2.38. The molecule has 152 valence electrons. The highest BCUT2D eigenvalue weighted by Gasteiger charge is 2.31. The molecule has 2 heterocycles. The third kappa shape index (κ3) is 3.86. The second-order valence-corrected chi connectivity index (χ2v) is 8.09. The fraction of sp³-hybridized carbons (Fsp3) is 0.333. The number of hydrogen-bond donors (Lipinski definition) is 1. The molecule has 1 unspecified atom stereocenters. The first-order valence-electron chi connectivity index (χ1n) is 9.46. The van der Waals surface area contributed by atoms with Crippen molar-refractivity contribution in [2.24, 2.45) is 12.8 Å². The van der Waals surface area contributed by atoms with E-state index in [1.165, 1.54) is 6.08 Å². The fourth-order valence-electron chi connectivity index (χ4n) is 3.80. The van der Waals surface area contributed by atoms with Crippen molar-refractivity contribution in [3.8, 4) is 17.0 Å². The van der Waals surface area contributed by atoms with E-state index in [0.29, 0.717) is 25.3 Å². The summed E-state index contributed by atoms with van der Waals surface area (Å²) in [4.78, 5) is 15.0. The maximum Gasteiger partial charge on any atom is 0.275 e. The number of rotatable bonds is 5. The highest BCUT2D eigenvalue weighted by molar-refractivity contribution is 9.10. The number of hydrogen-bond acceptors (Lipinski definition) is 4. The number of aromatic nitrogens is 2. The number of allylic oxidation sites excluding steroid dienone is 3. The number of carbonyl (C=O) groups is 1. The standard InChI is InChI=1S/C21H22BrFN4O2/c1-26-20-16-10-14(22)5-6-18(16)29-12-17(20)19(25-26)21(28)27(8-7-24)11-13-3-2-4-15(23)9-13/h2-6,10,15H,7-9,11-12,24H2,1H3. The molecule has 1 aliphatic heterocycles. The number of fused-ring (bicyclic) bond motifs is 3. The van der Waals surface area contributed by atoms with Gasteiger partial charge in [0.15, 0.2) is 5.69 Å². The van der Waals surface area contributed by atoms with Crippen LogP contribution < -0.4 is 10.5 Å². The first kappa shape index (κ1) is 19.8. The third-order valence-electron chi connectivity index (χ3n) is 5.11. The van der Waals surface area contributed by atoms with E-state index in [-0.39, 0.29) is 18.9 Å². The fourth-order valence-corrected chi connectivity index (χ4v) is 4.16. The van der Waals surface area contributed by atoms with Gasteiger partial charge in [-0.05, 0) is 23.8 Å². The molecule has 0 saturated carbocycles. The average molecular weight is 461 g/mol. The molecule has 0 radical (unpaired) electrons. The second kappa shape index (κ2) is 8.12. The molecule has 1 aromatic heterocycles. The zero-order valence-electron chi connectivity index (χ0n) is 16.1. The molecule has 0 saturated heterocycles. The number of benzene rings is 1.